The van der Waals surface area contributed by atoms with Crippen LogP contribution >= 0.6 is 0 Å². The molecule has 3 nitrogen and oxygen atoms in total. The Morgan fingerprint density at radius 1 is 1.03 bits per heavy atom. The minimum Gasteiger partial charge on any atom is -0.449 e. The summed E-state index contributed by atoms with van der Waals surface area (Å²) in [6.07, 6.45) is 0.629. The van der Waals surface area contributed by atoms with Gasteiger partial charge in [0.2, 0.25) is 11.3 Å². The Kier molecular flexibility index (Phi) is 3.70. The van der Waals surface area contributed by atoms with Gasteiger partial charge in [-0.15, -0.1) is 0 Å². The van der Waals surface area contributed by atoms with E-state index >= 15 is 0 Å². The van der Waals surface area contributed by atoms with Gasteiger partial charge in [-0.05, 0) is 50.3 Å². The highest BCUT2D eigenvalue weighted by Gasteiger charge is 2.35. The topological polar surface area (TPSA) is 36.9 Å². The summed E-state index contributed by atoms with van der Waals surface area (Å²) >= 11 is 0. The smallest absolute Gasteiger partial charge is 0.257 e. The Bertz CT molecular complexity index is 1360. The molecular formula is C26H23N2O+. The van der Waals surface area contributed by atoms with Gasteiger partial charge in [-0.1, -0.05) is 36.4 Å². The fraction of sp³-hybridized carbons (Fsp3) is 0.231. The second-order valence-electron chi connectivity index (χ2n) is 8.62. The van der Waals surface area contributed by atoms with Gasteiger partial charge in [-0.2, -0.15) is 9.83 Å². The van der Waals surface area contributed by atoms with Crippen molar-refractivity contribution in [3.8, 4) is 28.8 Å². The van der Waals surface area contributed by atoms with Crippen molar-refractivity contribution < 1.29 is 9.30 Å². The number of fused-ring (bicyclic) bond motifs is 3. The number of para-hydroxylation sites is 1. The van der Waals surface area contributed by atoms with Crippen molar-refractivity contribution in [2.75, 3.05) is 0 Å². The number of ether oxygens (including phenoxy) is 1. The molecule has 3 heteroatoms. The van der Waals surface area contributed by atoms with Crippen LogP contribution < -0.4 is 9.30 Å². The van der Waals surface area contributed by atoms with E-state index in [0.29, 0.717) is 6.42 Å². The minimum absolute atomic E-state index is 0.488. The van der Waals surface area contributed by atoms with E-state index in [-0.39, 0.29) is 0 Å². The molecule has 0 bridgehead atoms. The first-order chi connectivity index (χ1) is 13.9. The Labute approximate surface area is 170 Å². The third-order valence-electron chi connectivity index (χ3n) is 6.00. The predicted molar refractivity (Wildman–Crippen MR) is 116 cm³/mol. The second-order valence-corrected chi connectivity index (χ2v) is 8.62. The van der Waals surface area contributed by atoms with Crippen LogP contribution in [-0.2, 0) is 13.5 Å². The largest absolute Gasteiger partial charge is 0.449 e. The summed E-state index contributed by atoms with van der Waals surface area (Å²) in [6, 6.07) is 21.4. The monoisotopic (exact) mass is 379 g/mol. The van der Waals surface area contributed by atoms with Crippen LogP contribution in [-0.4, -0.2) is 0 Å². The predicted octanol–water partition coefficient (Wildman–Crippen LogP) is 5.99. The Morgan fingerprint density at radius 3 is 2.62 bits per heavy atom. The number of pyridine rings is 1. The maximum Gasteiger partial charge on any atom is 0.257 e. The molecule has 0 amide bonds. The highest BCUT2D eigenvalue weighted by Crippen LogP contribution is 2.49. The zero-order valence-electron chi connectivity index (χ0n) is 17.2. The molecule has 0 saturated heterocycles. The number of aryl methyl sites for hydroxylation is 2. The molecule has 0 saturated carbocycles. The Balaban J connectivity index is 1.97. The standard InChI is InChI=1S/C26H23N2O/c1-16-12-13-17-8-7-11-21-23(17)22(16)24-25(29-21)19(14-26(2,3)15-27)18-9-5-6-10-20(18)28(24)4/h5-13H,14H2,1-4H3/q+1. The van der Waals surface area contributed by atoms with Crippen LogP contribution in [0.5, 0.6) is 11.5 Å². The van der Waals surface area contributed by atoms with Crippen molar-refractivity contribution >= 4 is 21.7 Å². The summed E-state index contributed by atoms with van der Waals surface area (Å²) in [7, 11) is 2.11. The van der Waals surface area contributed by atoms with Gasteiger partial charge < -0.3 is 4.74 Å². The van der Waals surface area contributed by atoms with Crippen molar-refractivity contribution in [2.24, 2.45) is 12.5 Å². The van der Waals surface area contributed by atoms with Gasteiger partial charge in [0.05, 0.1) is 22.4 Å². The SMILES string of the molecule is Cc1ccc2cccc3c2c1-c1c(c(CC(C)(C)C#N)c2ccccc2[n+]1C)O3. The molecule has 5 rings (SSSR count). The number of nitrogens with zero attached hydrogens (tertiary/aromatic N) is 2. The molecule has 3 aromatic carbocycles. The third kappa shape index (κ3) is 2.53. The lowest BCUT2D eigenvalue weighted by atomic mass is 9.83. The summed E-state index contributed by atoms with van der Waals surface area (Å²) in [5.74, 6) is 1.77. The number of aromatic nitrogens is 1. The second kappa shape index (κ2) is 6.06. The molecule has 1 aliphatic rings. The average Bonchev–Trinajstić information content (AvgIpc) is 2.73. The molecule has 0 aliphatic carbocycles. The van der Waals surface area contributed by atoms with Crippen molar-refractivity contribution in [2.45, 2.75) is 27.2 Å². The van der Waals surface area contributed by atoms with Gasteiger partial charge in [-0.25, -0.2) is 0 Å². The fourth-order valence-corrected chi connectivity index (χ4v) is 4.56. The first kappa shape index (κ1) is 17.7. The van der Waals surface area contributed by atoms with E-state index in [4.69, 9.17) is 4.74 Å². The zero-order valence-corrected chi connectivity index (χ0v) is 17.2. The highest BCUT2D eigenvalue weighted by atomic mass is 16.5. The first-order valence-electron chi connectivity index (χ1n) is 9.97. The molecule has 0 N–H and O–H groups in total. The molecule has 29 heavy (non-hydrogen) atoms. The molecule has 1 aliphatic heterocycles. The normalized spacial score (nSPS) is 12.5. The number of hydrogen-bond acceptors (Lipinski definition) is 2. The third-order valence-corrected chi connectivity index (χ3v) is 6.00. The van der Waals surface area contributed by atoms with Gasteiger partial charge in [0.25, 0.3) is 5.69 Å². The Hall–Kier alpha value is -3.38. The highest BCUT2D eigenvalue weighted by molar-refractivity contribution is 6.05. The minimum atomic E-state index is -0.488. The van der Waals surface area contributed by atoms with Crippen LogP contribution in [0, 0.1) is 23.7 Å². The van der Waals surface area contributed by atoms with Crippen molar-refractivity contribution in [1.29, 1.82) is 5.26 Å². The van der Waals surface area contributed by atoms with Crippen LogP contribution in [0.4, 0.5) is 0 Å². The molecule has 0 fully saturated rings. The molecular weight excluding hydrogens is 356 g/mol. The van der Waals surface area contributed by atoms with Crippen LogP contribution in [0.3, 0.4) is 0 Å². The van der Waals surface area contributed by atoms with Gasteiger partial charge in [0.1, 0.15) is 12.8 Å². The molecule has 4 aromatic rings. The summed E-state index contributed by atoms with van der Waals surface area (Å²) in [4.78, 5) is 0. The summed E-state index contributed by atoms with van der Waals surface area (Å²) < 4.78 is 8.83. The Morgan fingerprint density at radius 2 is 1.83 bits per heavy atom. The van der Waals surface area contributed by atoms with Crippen molar-refractivity contribution in [3.05, 3.63) is 65.7 Å². The van der Waals surface area contributed by atoms with Gasteiger partial charge in [0.15, 0.2) is 0 Å². The van der Waals surface area contributed by atoms with E-state index in [2.05, 4.69) is 67.1 Å². The molecule has 142 valence electrons. The van der Waals surface area contributed by atoms with Crippen LogP contribution in [0.2, 0.25) is 0 Å². The zero-order chi connectivity index (χ0) is 20.3. The average molecular weight is 379 g/mol. The number of nitriles is 1. The number of benzene rings is 3. The van der Waals surface area contributed by atoms with Crippen molar-refractivity contribution in [3.63, 3.8) is 0 Å². The van der Waals surface area contributed by atoms with Crippen LogP contribution in [0.1, 0.15) is 25.0 Å². The number of rotatable bonds is 2. The summed E-state index contributed by atoms with van der Waals surface area (Å²) in [5, 5.41) is 13.2. The van der Waals surface area contributed by atoms with Crippen molar-refractivity contribution in [1.82, 2.24) is 0 Å². The maximum atomic E-state index is 9.72. The summed E-state index contributed by atoms with van der Waals surface area (Å²) in [5.41, 5.74) is 5.31. The lowest BCUT2D eigenvalue weighted by Gasteiger charge is -2.25. The maximum absolute atomic E-state index is 9.72. The van der Waals surface area contributed by atoms with Crippen LogP contribution in [0.15, 0.2) is 54.6 Å². The van der Waals surface area contributed by atoms with Gasteiger partial charge in [0, 0.05) is 17.0 Å². The van der Waals surface area contributed by atoms with Gasteiger partial charge in [-0.3, -0.25) is 0 Å². The van der Waals surface area contributed by atoms with E-state index in [1.807, 2.05) is 26.0 Å². The van der Waals surface area contributed by atoms with E-state index in [9.17, 15) is 5.26 Å². The quantitative estimate of drug-likeness (QED) is 0.353. The first-order valence-corrected chi connectivity index (χ1v) is 9.97. The lowest BCUT2D eigenvalue weighted by Crippen LogP contribution is -2.34. The fourth-order valence-electron chi connectivity index (χ4n) is 4.56. The molecule has 0 radical (unpaired) electrons. The van der Waals surface area contributed by atoms with Gasteiger partial charge >= 0.3 is 0 Å². The molecule has 2 heterocycles. The lowest BCUT2D eigenvalue weighted by molar-refractivity contribution is -0.633. The van der Waals surface area contributed by atoms with Crippen LogP contribution in [0.25, 0.3) is 32.9 Å². The molecule has 1 aromatic heterocycles. The van der Waals surface area contributed by atoms with E-state index in [1.165, 1.54) is 16.5 Å². The molecule has 0 unspecified atom stereocenters. The number of hydrogen-bond donors (Lipinski definition) is 0. The van der Waals surface area contributed by atoms with E-state index in [1.54, 1.807) is 0 Å². The van der Waals surface area contributed by atoms with E-state index in [0.717, 1.165) is 39.0 Å². The summed E-state index contributed by atoms with van der Waals surface area (Å²) in [6.45, 7) is 6.14. The van der Waals surface area contributed by atoms with E-state index < -0.39 is 5.41 Å². The molecule has 0 spiro atoms. The molecule has 0 atom stereocenters.